The van der Waals surface area contributed by atoms with Crippen LogP contribution in [0.4, 0.5) is 0 Å². The maximum Gasteiger partial charge on any atom is 0.115 e. The monoisotopic (exact) mass is 437 g/mol. The van der Waals surface area contributed by atoms with Gasteiger partial charge in [0.2, 0.25) is 0 Å². The number of benzene rings is 1. The van der Waals surface area contributed by atoms with Gasteiger partial charge in [-0.25, -0.2) is 9.97 Å². The zero-order chi connectivity index (χ0) is 25.1. The summed E-state index contributed by atoms with van der Waals surface area (Å²) in [6.07, 6.45) is 8.38. The zero-order valence-corrected chi connectivity index (χ0v) is 22.4. The van der Waals surface area contributed by atoms with Crippen LogP contribution in [0.25, 0.3) is 0 Å². The quantitative estimate of drug-likeness (QED) is 0.353. The van der Waals surface area contributed by atoms with E-state index in [0.717, 1.165) is 0 Å². The van der Waals surface area contributed by atoms with Crippen LogP contribution in [0.3, 0.4) is 0 Å². The topological polar surface area (TPSA) is 38.7 Å². The van der Waals surface area contributed by atoms with E-state index in [2.05, 4.69) is 121 Å². The molecule has 0 atom stereocenters. The number of pyridine rings is 1. The molecule has 0 spiro atoms. The highest BCUT2D eigenvalue weighted by atomic mass is 14.8. The summed E-state index contributed by atoms with van der Waals surface area (Å²) >= 11 is 0. The van der Waals surface area contributed by atoms with Crippen LogP contribution in [0.5, 0.6) is 0 Å². The fourth-order valence-corrected chi connectivity index (χ4v) is 1.50. The summed E-state index contributed by atoms with van der Waals surface area (Å²) in [5.74, 6) is 0. The molecule has 1 aromatic carbocycles. The number of hydrogen-bond donors (Lipinski definition) is 0. The molecular weight excluding hydrogens is 390 g/mol. The third-order valence-corrected chi connectivity index (χ3v) is 2.68. The summed E-state index contributed by atoms with van der Waals surface area (Å²) in [7, 11) is 0. The van der Waals surface area contributed by atoms with Crippen LogP contribution in [0.15, 0.2) is 85.7 Å². The van der Waals surface area contributed by atoms with Crippen LogP contribution in [-0.4, -0.2) is 15.0 Å². The Morgan fingerprint density at radius 2 is 0.781 bits per heavy atom. The van der Waals surface area contributed by atoms with Crippen molar-refractivity contribution in [3.8, 4) is 0 Å². The Morgan fingerprint density at radius 3 is 0.938 bits per heavy atom. The Balaban J connectivity index is 0. The van der Waals surface area contributed by atoms with Gasteiger partial charge in [0.15, 0.2) is 0 Å². The molecule has 3 heteroatoms. The SMILES string of the molecule is CC(C)(C)C.CC(C)(C)C.CC(C)(C)c1ccccc1.c1ccncc1.c1cncnc1. The lowest BCUT2D eigenvalue weighted by atomic mass is 9.87. The largest absolute Gasteiger partial charge is 0.265 e. The lowest BCUT2D eigenvalue weighted by molar-refractivity contribution is 0.469. The van der Waals surface area contributed by atoms with Crippen molar-refractivity contribution in [1.82, 2.24) is 15.0 Å². The zero-order valence-electron chi connectivity index (χ0n) is 22.4. The lowest BCUT2D eigenvalue weighted by Crippen LogP contribution is -2.10. The minimum absolute atomic E-state index is 0.293. The molecule has 32 heavy (non-hydrogen) atoms. The number of rotatable bonds is 0. The number of nitrogens with zero attached hydrogens (tertiary/aromatic N) is 3. The molecule has 0 radical (unpaired) electrons. The van der Waals surface area contributed by atoms with Gasteiger partial charge in [-0.05, 0) is 40.0 Å². The molecule has 0 aliphatic carbocycles. The Morgan fingerprint density at radius 1 is 0.438 bits per heavy atom. The smallest absolute Gasteiger partial charge is 0.115 e. The van der Waals surface area contributed by atoms with Crippen molar-refractivity contribution in [1.29, 1.82) is 0 Å². The Bertz CT molecular complexity index is 627. The maximum absolute atomic E-state index is 3.78. The fourth-order valence-electron chi connectivity index (χ4n) is 1.50. The van der Waals surface area contributed by atoms with E-state index in [-0.39, 0.29) is 0 Å². The van der Waals surface area contributed by atoms with Gasteiger partial charge in [0.25, 0.3) is 0 Å². The van der Waals surface area contributed by atoms with Gasteiger partial charge < -0.3 is 0 Å². The van der Waals surface area contributed by atoms with Gasteiger partial charge in [-0.3, -0.25) is 4.98 Å². The molecule has 0 saturated carbocycles. The van der Waals surface area contributed by atoms with E-state index in [1.807, 2.05) is 18.2 Å². The van der Waals surface area contributed by atoms with E-state index >= 15 is 0 Å². The highest BCUT2D eigenvalue weighted by Gasteiger charge is 2.11. The molecule has 0 aliphatic rings. The predicted molar refractivity (Wildman–Crippen MR) is 142 cm³/mol. The summed E-state index contributed by atoms with van der Waals surface area (Å²) < 4.78 is 0. The van der Waals surface area contributed by atoms with Crippen LogP contribution < -0.4 is 0 Å². The van der Waals surface area contributed by atoms with Crippen LogP contribution in [0.1, 0.15) is 81.7 Å². The van der Waals surface area contributed by atoms with Crippen molar-refractivity contribution < 1.29 is 0 Å². The number of hydrogen-bond acceptors (Lipinski definition) is 3. The normalized spacial score (nSPS) is 10.3. The van der Waals surface area contributed by atoms with Gasteiger partial charge in [0.05, 0.1) is 0 Å². The minimum atomic E-state index is 0.293. The average molecular weight is 438 g/mol. The average Bonchev–Trinajstić information content (AvgIpc) is 2.69. The maximum atomic E-state index is 3.78. The first-order valence-corrected chi connectivity index (χ1v) is 11.2. The van der Waals surface area contributed by atoms with Crippen molar-refractivity contribution in [2.45, 2.75) is 81.6 Å². The molecule has 2 heterocycles. The summed E-state index contributed by atoms with van der Waals surface area (Å²) in [6, 6.07) is 18.0. The van der Waals surface area contributed by atoms with Crippen molar-refractivity contribution in [3.05, 3.63) is 91.3 Å². The first-order chi connectivity index (χ1) is 14.6. The van der Waals surface area contributed by atoms with Crippen LogP contribution in [0.2, 0.25) is 0 Å². The molecule has 2 aromatic heterocycles. The van der Waals surface area contributed by atoms with E-state index in [9.17, 15) is 0 Å². The molecule has 0 aliphatic heterocycles. The van der Waals surface area contributed by atoms with Gasteiger partial charge in [0, 0.05) is 24.8 Å². The van der Waals surface area contributed by atoms with Gasteiger partial charge in [0.1, 0.15) is 6.33 Å². The van der Waals surface area contributed by atoms with Crippen molar-refractivity contribution >= 4 is 0 Å². The summed E-state index contributed by atoms with van der Waals surface area (Å²) in [5, 5.41) is 0. The molecule has 3 rings (SSSR count). The second-order valence-electron chi connectivity index (χ2n) is 11.5. The van der Waals surface area contributed by atoms with Crippen LogP contribution in [0, 0.1) is 10.8 Å². The highest BCUT2D eigenvalue weighted by Crippen LogP contribution is 2.20. The minimum Gasteiger partial charge on any atom is -0.265 e. The first kappa shape index (κ1) is 31.6. The fraction of sp³-hybridized carbons (Fsp3) is 0.483. The summed E-state index contributed by atoms with van der Waals surface area (Å²) in [6.45, 7) is 24.2. The number of aromatic nitrogens is 3. The Hall–Kier alpha value is -2.55. The van der Waals surface area contributed by atoms with E-state index in [1.54, 1.807) is 30.9 Å². The third kappa shape index (κ3) is 34.9. The Kier molecular flexibility index (Phi) is 16.9. The van der Waals surface area contributed by atoms with Gasteiger partial charge in [-0.2, -0.15) is 0 Å². The molecule has 0 unspecified atom stereocenters. The third-order valence-electron chi connectivity index (χ3n) is 2.68. The molecule has 178 valence electrons. The molecule has 0 N–H and O–H groups in total. The van der Waals surface area contributed by atoms with Crippen LogP contribution in [-0.2, 0) is 5.41 Å². The van der Waals surface area contributed by atoms with E-state index in [1.165, 1.54) is 11.9 Å². The Labute approximate surface area is 198 Å². The van der Waals surface area contributed by atoms with Crippen molar-refractivity contribution in [3.63, 3.8) is 0 Å². The molecule has 0 fully saturated rings. The van der Waals surface area contributed by atoms with E-state index in [4.69, 9.17) is 0 Å². The van der Waals surface area contributed by atoms with Gasteiger partial charge in [-0.1, -0.05) is 113 Å². The second kappa shape index (κ2) is 17.1. The molecule has 0 saturated heterocycles. The van der Waals surface area contributed by atoms with Crippen LogP contribution >= 0.6 is 0 Å². The standard InChI is InChI=1S/C10H14.C5H5N.2C5H12.C4H4N2/c1-10(2,3)9-7-5-4-6-8-9;1-2-4-6-5-3-1;2*1-5(2,3)4;1-2-5-4-6-3-1/h4-8H,1-3H3;1-5H;2*1-4H3;1-4H. The first-order valence-electron chi connectivity index (χ1n) is 11.2. The highest BCUT2D eigenvalue weighted by molar-refractivity contribution is 5.21. The summed E-state index contributed by atoms with van der Waals surface area (Å²) in [4.78, 5) is 11.1. The molecule has 3 aromatic rings. The predicted octanol–water partition coefficient (Wildman–Crippen LogP) is 8.65. The lowest BCUT2D eigenvalue weighted by Gasteiger charge is -2.18. The molecular formula is C29H47N3. The van der Waals surface area contributed by atoms with Gasteiger partial charge >= 0.3 is 0 Å². The second-order valence-corrected chi connectivity index (χ2v) is 11.5. The van der Waals surface area contributed by atoms with E-state index in [0.29, 0.717) is 16.2 Å². The van der Waals surface area contributed by atoms with Crippen molar-refractivity contribution in [2.75, 3.05) is 0 Å². The molecule has 3 nitrogen and oxygen atoms in total. The van der Waals surface area contributed by atoms with Gasteiger partial charge in [-0.15, -0.1) is 0 Å². The molecule has 0 bridgehead atoms. The summed E-state index contributed by atoms with van der Waals surface area (Å²) in [5.41, 5.74) is 2.69. The molecule has 0 amide bonds. The van der Waals surface area contributed by atoms with Crippen molar-refractivity contribution in [2.24, 2.45) is 10.8 Å². The van der Waals surface area contributed by atoms with E-state index < -0.39 is 0 Å².